The Labute approximate surface area is 194 Å². The van der Waals surface area contributed by atoms with E-state index in [4.69, 9.17) is 4.74 Å². The SMILES string of the molecule is CC(C)C(=O)N1CCC2(CC1)OC[C@@H](C(=O)N1CCN(C)CC1)N2C(=O)c1ccc(F)cc1. The molecule has 3 aliphatic rings. The van der Waals surface area contributed by atoms with E-state index in [2.05, 4.69) is 4.90 Å². The van der Waals surface area contributed by atoms with Gasteiger partial charge in [0.1, 0.15) is 17.6 Å². The molecule has 0 aliphatic carbocycles. The number of benzene rings is 1. The normalized spacial score (nSPS) is 23.4. The summed E-state index contributed by atoms with van der Waals surface area (Å²) in [5.74, 6) is -0.916. The number of amides is 3. The summed E-state index contributed by atoms with van der Waals surface area (Å²) in [4.78, 5) is 47.0. The highest BCUT2D eigenvalue weighted by Gasteiger charge is 2.55. The Balaban J connectivity index is 1.60. The first-order valence-electron chi connectivity index (χ1n) is 11.7. The van der Waals surface area contributed by atoms with Crippen molar-refractivity contribution in [2.24, 2.45) is 5.92 Å². The Morgan fingerprint density at radius 2 is 1.58 bits per heavy atom. The molecule has 3 aliphatic heterocycles. The number of carbonyl (C=O) groups excluding carboxylic acids is 3. The molecule has 3 heterocycles. The standard InChI is InChI=1S/C24H33FN4O4/c1-17(2)21(30)27-10-8-24(9-11-27)29(22(31)18-4-6-19(25)7-5-18)20(16-33-24)23(32)28-14-12-26(3)13-15-28/h4-7,17,20H,8-16H2,1-3H3/t20-/m0/s1. The summed E-state index contributed by atoms with van der Waals surface area (Å²) in [7, 11) is 2.02. The van der Waals surface area contributed by atoms with Gasteiger partial charge in [0, 0.05) is 63.6 Å². The highest BCUT2D eigenvalue weighted by molar-refractivity contribution is 5.98. The van der Waals surface area contributed by atoms with Crippen molar-refractivity contribution in [3.63, 3.8) is 0 Å². The summed E-state index contributed by atoms with van der Waals surface area (Å²) < 4.78 is 19.7. The summed E-state index contributed by atoms with van der Waals surface area (Å²) in [6.45, 7) is 7.55. The van der Waals surface area contributed by atoms with Crippen LogP contribution in [-0.4, -0.2) is 102 Å². The van der Waals surface area contributed by atoms with Crippen LogP contribution in [0.15, 0.2) is 24.3 Å². The van der Waals surface area contributed by atoms with Crippen LogP contribution >= 0.6 is 0 Å². The zero-order chi connectivity index (χ0) is 23.8. The monoisotopic (exact) mass is 460 g/mol. The molecule has 0 aromatic heterocycles. The van der Waals surface area contributed by atoms with Crippen molar-refractivity contribution < 1.29 is 23.5 Å². The maximum Gasteiger partial charge on any atom is 0.256 e. The van der Waals surface area contributed by atoms with Crippen molar-refractivity contribution in [2.75, 3.05) is 52.9 Å². The van der Waals surface area contributed by atoms with Gasteiger partial charge in [0.15, 0.2) is 0 Å². The minimum absolute atomic E-state index is 0.0734. The zero-order valence-corrected chi connectivity index (χ0v) is 19.6. The van der Waals surface area contributed by atoms with Gasteiger partial charge in [-0.2, -0.15) is 0 Å². The molecule has 0 N–H and O–H groups in total. The number of nitrogens with zero attached hydrogens (tertiary/aromatic N) is 4. The number of likely N-dealkylation sites (tertiary alicyclic amines) is 1. The summed E-state index contributed by atoms with van der Waals surface area (Å²) in [6.07, 6.45) is 0.871. The minimum atomic E-state index is -0.952. The van der Waals surface area contributed by atoms with Crippen LogP contribution in [0.4, 0.5) is 4.39 Å². The molecule has 9 heteroatoms. The lowest BCUT2D eigenvalue weighted by Gasteiger charge is -2.45. The van der Waals surface area contributed by atoms with Gasteiger partial charge in [-0.1, -0.05) is 13.8 Å². The van der Waals surface area contributed by atoms with Crippen molar-refractivity contribution in [1.29, 1.82) is 0 Å². The first-order valence-corrected chi connectivity index (χ1v) is 11.7. The van der Waals surface area contributed by atoms with Crippen LogP contribution in [0, 0.1) is 11.7 Å². The molecule has 0 unspecified atom stereocenters. The van der Waals surface area contributed by atoms with Gasteiger partial charge in [-0.25, -0.2) is 4.39 Å². The molecule has 0 saturated carbocycles. The second kappa shape index (κ2) is 9.38. The molecule has 3 amide bonds. The molecule has 1 aromatic rings. The first kappa shape index (κ1) is 23.6. The maximum atomic E-state index is 13.7. The van der Waals surface area contributed by atoms with Crippen LogP contribution in [-0.2, 0) is 14.3 Å². The second-order valence-corrected chi connectivity index (χ2v) is 9.56. The number of piperazine rings is 1. The van der Waals surface area contributed by atoms with Crippen molar-refractivity contribution in [2.45, 2.75) is 38.5 Å². The molecule has 180 valence electrons. The third-order valence-electron chi connectivity index (χ3n) is 7.02. The first-order chi connectivity index (χ1) is 15.7. The molecule has 0 radical (unpaired) electrons. The quantitative estimate of drug-likeness (QED) is 0.682. The topological polar surface area (TPSA) is 73.4 Å². The molecule has 4 rings (SSSR count). The van der Waals surface area contributed by atoms with E-state index in [9.17, 15) is 18.8 Å². The lowest BCUT2D eigenvalue weighted by molar-refractivity contribution is -0.147. The van der Waals surface area contributed by atoms with Crippen molar-refractivity contribution in [3.05, 3.63) is 35.6 Å². The van der Waals surface area contributed by atoms with Gasteiger partial charge in [0.25, 0.3) is 5.91 Å². The van der Waals surface area contributed by atoms with Gasteiger partial charge < -0.3 is 19.4 Å². The second-order valence-electron chi connectivity index (χ2n) is 9.56. The number of rotatable bonds is 3. The molecule has 1 aromatic carbocycles. The number of halogens is 1. The third kappa shape index (κ3) is 4.61. The fourth-order valence-corrected chi connectivity index (χ4v) is 4.97. The Morgan fingerprint density at radius 3 is 2.15 bits per heavy atom. The fraction of sp³-hybridized carbons (Fsp3) is 0.625. The van der Waals surface area contributed by atoms with Crippen molar-refractivity contribution in [3.8, 4) is 0 Å². The minimum Gasteiger partial charge on any atom is -0.353 e. The molecular weight excluding hydrogens is 427 g/mol. The molecule has 33 heavy (non-hydrogen) atoms. The number of ether oxygens (including phenoxy) is 1. The van der Waals surface area contributed by atoms with Gasteiger partial charge >= 0.3 is 0 Å². The molecule has 3 fully saturated rings. The predicted molar refractivity (Wildman–Crippen MR) is 120 cm³/mol. The summed E-state index contributed by atoms with van der Waals surface area (Å²) in [5.41, 5.74) is -0.635. The third-order valence-corrected chi connectivity index (χ3v) is 7.02. The van der Waals surface area contributed by atoms with E-state index in [0.29, 0.717) is 44.6 Å². The predicted octanol–water partition coefficient (Wildman–Crippen LogP) is 1.42. The van der Waals surface area contributed by atoms with Gasteiger partial charge in [-0.05, 0) is 31.3 Å². The summed E-state index contributed by atoms with van der Waals surface area (Å²) in [5, 5.41) is 0. The van der Waals surface area contributed by atoms with E-state index in [1.165, 1.54) is 24.3 Å². The van der Waals surface area contributed by atoms with E-state index < -0.39 is 17.6 Å². The van der Waals surface area contributed by atoms with E-state index in [-0.39, 0.29) is 30.2 Å². The molecule has 3 saturated heterocycles. The van der Waals surface area contributed by atoms with Gasteiger partial charge in [0.05, 0.1) is 6.61 Å². The van der Waals surface area contributed by atoms with Crippen molar-refractivity contribution >= 4 is 17.7 Å². The molecule has 0 bridgehead atoms. The summed E-state index contributed by atoms with van der Waals surface area (Å²) >= 11 is 0. The number of carbonyl (C=O) groups is 3. The smallest absolute Gasteiger partial charge is 0.256 e. The van der Waals surface area contributed by atoms with Crippen molar-refractivity contribution in [1.82, 2.24) is 19.6 Å². The molecule has 8 nitrogen and oxygen atoms in total. The van der Waals surface area contributed by atoms with Gasteiger partial charge in [0.2, 0.25) is 11.8 Å². The molecular formula is C24H33FN4O4. The Hall–Kier alpha value is -2.52. The van der Waals surface area contributed by atoms with Crippen LogP contribution in [0.1, 0.15) is 37.0 Å². The molecule has 1 spiro atoms. The van der Waals surface area contributed by atoms with Crippen LogP contribution < -0.4 is 0 Å². The average Bonchev–Trinajstić information content (AvgIpc) is 3.17. The van der Waals surface area contributed by atoms with E-state index in [1.54, 1.807) is 14.7 Å². The largest absolute Gasteiger partial charge is 0.353 e. The number of hydrogen-bond donors (Lipinski definition) is 0. The lowest BCUT2D eigenvalue weighted by atomic mass is 9.95. The van der Waals surface area contributed by atoms with E-state index in [1.807, 2.05) is 20.9 Å². The number of hydrogen-bond acceptors (Lipinski definition) is 5. The highest BCUT2D eigenvalue weighted by atomic mass is 19.1. The van der Waals surface area contributed by atoms with Gasteiger partial charge in [-0.3, -0.25) is 19.3 Å². The number of likely N-dealkylation sites (N-methyl/N-ethyl adjacent to an activating group) is 1. The van der Waals surface area contributed by atoms with E-state index in [0.717, 1.165) is 13.1 Å². The fourth-order valence-electron chi connectivity index (χ4n) is 4.97. The van der Waals surface area contributed by atoms with E-state index >= 15 is 0 Å². The zero-order valence-electron chi connectivity index (χ0n) is 19.6. The Morgan fingerprint density at radius 1 is 0.970 bits per heavy atom. The summed E-state index contributed by atoms with van der Waals surface area (Å²) in [6, 6.07) is 4.64. The molecule has 1 atom stereocenters. The Bertz CT molecular complexity index is 890. The lowest BCUT2D eigenvalue weighted by Crippen LogP contribution is -2.61. The average molecular weight is 461 g/mol. The number of piperidine rings is 1. The van der Waals surface area contributed by atoms with Crippen LogP contribution in [0.3, 0.4) is 0 Å². The maximum absolute atomic E-state index is 13.7. The van der Waals surface area contributed by atoms with Crippen LogP contribution in [0.2, 0.25) is 0 Å². The highest BCUT2D eigenvalue weighted by Crippen LogP contribution is 2.39. The van der Waals surface area contributed by atoms with Crippen LogP contribution in [0.25, 0.3) is 0 Å². The van der Waals surface area contributed by atoms with Gasteiger partial charge in [-0.15, -0.1) is 0 Å². The van der Waals surface area contributed by atoms with Crippen LogP contribution in [0.5, 0.6) is 0 Å². The Kier molecular flexibility index (Phi) is 6.72.